The average Bonchev–Trinajstić information content (AvgIpc) is 2.19. The third-order valence-electron chi connectivity index (χ3n) is 1.82. The maximum absolute atomic E-state index is 10.6. The summed E-state index contributed by atoms with van der Waals surface area (Å²) >= 11 is 0. The van der Waals surface area contributed by atoms with Crippen molar-refractivity contribution >= 4 is 25.1 Å². The van der Waals surface area contributed by atoms with Gasteiger partial charge in [-0.3, -0.25) is 4.90 Å². The van der Waals surface area contributed by atoms with Crippen LogP contribution in [0.4, 0.5) is 0 Å². The van der Waals surface area contributed by atoms with Crippen LogP contribution in [0.15, 0.2) is 0 Å². The van der Waals surface area contributed by atoms with Crippen LogP contribution in [-0.4, -0.2) is 49.2 Å². The minimum absolute atomic E-state index is 0.0288. The summed E-state index contributed by atoms with van der Waals surface area (Å²) in [4.78, 5) is 42.6. The van der Waals surface area contributed by atoms with Gasteiger partial charge in [0.05, 0.1) is 19.1 Å². The van der Waals surface area contributed by atoms with Crippen LogP contribution < -0.4 is 0 Å². The monoisotopic (exact) mass is 199 g/mol. The van der Waals surface area contributed by atoms with Gasteiger partial charge >= 0.3 is 0 Å². The Morgan fingerprint density at radius 2 is 1.50 bits per heavy atom. The highest BCUT2D eigenvalue weighted by molar-refractivity contribution is 5.63. The second kappa shape index (κ2) is 8.25. The molecular weight excluding hydrogens is 186 g/mol. The van der Waals surface area contributed by atoms with E-state index >= 15 is 0 Å². The molecule has 0 aromatic rings. The fourth-order valence-corrected chi connectivity index (χ4v) is 1.11. The molecule has 0 aromatic carbocycles. The van der Waals surface area contributed by atoms with Crippen molar-refractivity contribution in [1.29, 1.82) is 0 Å². The minimum atomic E-state index is -0.532. The van der Waals surface area contributed by atoms with Gasteiger partial charge < -0.3 is 19.2 Å². The molecule has 0 aliphatic heterocycles. The summed E-state index contributed by atoms with van der Waals surface area (Å²) < 4.78 is 0. The summed E-state index contributed by atoms with van der Waals surface area (Å²) in [5, 5.41) is 0. The molecule has 0 aliphatic carbocycles. The maximum atomic E-state index is 10.6. The largest absolute Gasteiger partial charge is 0.303 e. The summed E-state index contributed by atoms with van der Waals surface area (Å²) in [7, 11) is 0. The molecule has 0 fully saturated rings. The minimum Gasteiger partial charge on any atom is -0.303 e. The van der Waals surface area contributed by atoms with E-state index < -0.39 is 6.04 Å². The first-order chi connectivity index (χ1) is 6.79. The molecule has 1 atom stereocenters. The highest BCUT2D eigenvalue weighted by Crippen LogP contribution is 2.02. The normalized spacial score (nSPS) is 12.1. The summed E-state index contributed by atoms with van der Waals surface area (Å²) in [6.07, 6.45) is 3.20. The molecule has 0 amide bonds. The van der Waals surface area contributed by atoms with E-state index in [0.29, 0.717) is 31.6 Å². The molecule has 5 nitrogen and oxygen atoms in total. The first kappa shape index (κ1) is 12.6. The molecule has 0 heterocycles. The molecule has 0 radical (unpaired) electrons. The molecule has 0 rings (SSSR count). The third-order valence-corrected chi connectivity index (χ3v) is 1.82. The van der Waals surface area contributed by atoms with E-state index in [4.69, 9.17) is 0 Å². The van der Waals surface area contributed by atoms with Crippen LogP contribution in [0.5, 0.6) is 0 Å². The molecule has 78 valence electrons. The van der Waals surface area contributed by atoms with E-state index in [9.17, 15) is 19.2 Å². The number of hydrogen-bond donors (Lipinski definition) is 0. The van der Waals surface area contributed by atoms with Crippen LogP contribution in [0.2, 0.25) is 0 Å². The van der Waals surface area contributed by atoms with E-state index in [1.54, 1.807) is 0 Å². The Morgan fingerprint density at radius 1 is 0.929 bits per heavy atom. The second-order valence-electron chi connectivity index (χ2n) is 2.73. The zero-order valence-electron chi connectivity index (χ0n) is 7.80. The summed E-state index contributed by atoms with van der Waals surface area (Å²) in [5.41, 5.74) is 0. The Hall–Kier alpha value is -1.36. The first-order valence-electron chi connectivity index (χ1n) is 4.30. The number of nitrogens with zero attached hydrogens (tertiary/aromatic N) is 1. The summed E-state index contributed by atoms with van der Waals surface area (Å²) in [6, 6.07) is -0.532. The molecule has 1 unspecified atom stereocenters. The van der Waals surface area contributed by atoms with Crippen LogP contribution in [0.3, 0.4) is 0 Å². The lowest BCUT2D eigenvalue weighted by Gasteiger charge is -2.22. The van der Waals surface area contributed by atoms with Gasteiger partial charge in [0.15, 0.2) is 0 Å². The van der Waals surface area contributed by atoms with Gasteiger partial charge in [0.2, 0.25) is 0 Å². The average molecular weight is 199 g/mol. The molecule has 0 spiro atoms. The summed E-state index contributed by atoms with van der Waals surface area (Å²) in [5.74, 6) is 0. The van der Waals surface area contributed by atoms with E-state index in [2.05, 4.69) is 0 Å². The van der Waals surface area contributed by atoms with Crippen LogP contribution in [0.1, 0.15) is 12.8 Å². The van der Waals surface area contributed by atoms with Crippen molar-refractivity contribution in [2.75, 3.05) is 13.1 Å². The fourth-order valence-electron chi connectivity index (χ4n) is 1.11. The SMILES string of the molecule is O=CCCC(C=O)N(CC=O)CC=O. The zero-order valence-corrected chi connectivity index (χ0v) is 7.80. The lowest BCUT2D eigenvalue weighted by molar-refractivity contribution is -0.116. The molecule has 0 saturated carbocycles. The van der Waals surface area contributed by atoms with Crippen LogP contribution in [0.25, 0.3) is 0 Å². The van der Waals surface area contributed by atoms with Gasteiger partial charge in [-0.1, -0.05) is 0 Å². The molecule has 5 heteroatoms. The van der Waals surface area contributed by atoms with E-state index in [0.717, 1.165) is 0 Å². The highest BCUT2D eigenvalue weighted by atomic mass is 16.1. The molecule has 0 aromatic heterocycles. The van der Waals surface area contributed by atoms with Gasteiger partial charge in [-0.05, 0) is 6.42 Å². The maximum Gasteiger partial charge on any atom is 0.137 e. The lowest BCUT2D eigenvalue weighted by Crippen LogP contribution is -2.39. The van der Waals surface area contributed by atoms with Crippen molar-refractivity contribution in [1.82, 2.24) is 4.90 Å². The standard InChI is InChI=1S/C9H13NO4/c11-5-1-2-9(8-14)10(3-6-12)4-7-13/h5-9H,1-4H2. The molecule has 0 N–H and O–H groups in total. The number of carbonyl (C=O) groups excluding carboxylic acids is 4. The molecular formula is C9H13NO4. The Bertz CT molecular complexity index is 195. The number of rotatable bonds is 9. The Labute approximate surface area is 82.1 Å². The predicted molar refractivity (Wildman–Crippen MR) is 48.9 cm³/mol. The Kier molecular flexibility index (Phi) is 7.45. The van der Waals surface area contributed by atoms with Gasteiger partial charge in [0.1, 0.15) is 25.1 Å². The van der Waals surface area contributed by atoms with Crippen molar-refractivity contribution in [3.63, 3.8) is 0 Å². The van der Waals surface area contributed by atoms with Crippen molar-refractivity contribution in [2.24, 2.45) is 0 Å². The quantitative estimate of drug-likeness (QED) is 0.456. The van der Waals surface area contributed by atoms with Gasteiger partial charge in [-0.25, -0.2) is 0 Å². The topological polar surface area (TPSA) is 71.5 Å². The van der Waals surface area contributed by atoms with Crippen molar-refractivity contribution in [2.45, 2.75) is 18.9 Å². The second-order valence-corrected chi connectivity index (χ2v) is 2.73. The molecule has 0 saturated heterocycles. The van der Waals surface area contributed by atoms with Crippen molar-refractivity contribution < 1.29 is 19.2 Å². The Morgan fingerprint density at radius 3 is 1.86 bits per heavy atom. The van der Waals surface area contributed by atoms with Crippen LogP contribution in [-0.2, 0) is 19.2 Å². The molecule has 0 aliphatic rings. The zero-order chi connectivity index (χ0) is 10.8. The third kappa shape index (κ3) is 4.61. The van der Waals surface area contributed by atoms with Gasteiger partial charge in [-0.2, -0.15) is 0 Å². The van der Waals surface area contributed by atoms with Gasteiger partial charge in [-0.15, -0.1) is 0 Å². The number of hydrogen-bond acceptors (Lipinski definition) is 5. The lowest BCUT2D eigenvalue weighted by atomic mass is 10.1. The fraction of sp³-hybridized carbons (Fsp3) is 0.556. The first-order valence-corrected chi connectivity index (χ1v) is 4.30. The van der Waals surface area contributed by atoms with Gasteiger partial charge in [0.25, 0.3) is 0 Å². The van der Waals surface area contributed by atoms with E-state index in [-0.39, 0.29) is 19.5 Å². The highest BCUT2D eigenvalue weighted by Gasteiger charge is 2.16. The number of aldehydes is 4. The van der Waals surface area contributed by atoms with Crippen molar-refractivity contribution in [3.8, 4) is 0 Å². The van der Waals surface area contributed by atoms with E-state index in [1.807, 2.05) is 0 Å². The summed E-state index contributed by atoms with van der Waals surface area (Å²) in [6.45, 7) is 0.0575. The predicted octanol–water partition coefficient (Wildman–Crippen LogP) is -0.767. The smallest absolute Gasteiger partial charge is 0.137 e. The molecule has 14 heavy (non-hydrogen) atoms. The molecule has 0 bridgehead atoms. The van der Waals surface area contributed by atoms with Gasteiger partial charge in [0, 0.05) is 6.42 Å². The number of carbonyl (C=O) groups is 4. The Balaban J connectivity index is 4.22. The van der Waals surface area contributed by atoms with E-state index in [1.165, 1.54) is 4.90 Å². The van der Waals surface area contributed by atoms with Crippen molar-refractivity contribution in [3.05, 3.63) is 0 Å². The van der Waals surface area contributed by atoms with Crippen LogP contribution in [0, 0.1) is 0 Å². The van der Waals surface area contributed by atoms with Crippen LogP contribution >= 0.6 is 0 Å².